The maximum atomic E-state index is 13.6. The highest BCUT2D eigenvalue weighted by molar-refractivity contribution is 9.10. The van der Waals surface area contributed by atoms with Crippen LogP contribution >= 0.6 is 39.1 Å². The molecular weight excluding hydrogens is 406 g/mol. The number of benzene rings is 1. The Kier molecular flexibility index (Phi) is 4.77. The molecule has 0 aliphatic carbocycles. The van der Waals surface area contributed by atoms with Gasteiger partial charge in [0.2, 0.25) is 0 Å². The summed E-state index contributed by atoms with van der Waals surface area (Å²) in [5, 5.41) is -0.819. The number of aromatic nitrogens is 1. The van der Waals surface area contributed by atoms with E-state index in [9.17, 15) is 12.8 Å². The highest BCUT2D eigenvalue weighted by atomic mass is 79.9. The largest absolute Gasteiger partial charge is 0.264 e. The molecule has 0 saturated carbocycles. The van der Waals surface area contributed by atoms with Crippen LogP contribution in [0.4, 0.5) is 10.2 Å². The van der Waals surface area contributed by atoms with Crippen molar-refractivity contribution in [1.29, 1.82) is 0 Å². The van der Waals surface area contributed by atoms with Crippen molar-refractivity contribution < 1.29 is 12.8 Å². The van der Waals surface area contributed by atoms with E-state index in [1.165, 1.54) is 6.07 Å². The molecule has 0 saturated heterocycles. The lowest BCUT2D eigenvalue weighted by Gasteiger charge is -2.10. The zero-order valence-electron chi connectivity index (χ0n) is 10.5. The fourth-order valence-electron chi connectivity index (χ4n) is 1.51. The van der Waals surface area contributed by atoms with Gasteiger partial charge in [-0.05, 0) is 47.1 Å². The van der Waals surface area contributed by atoms with Gasteiger partial charge in [0.1, 0.15) is 10.7 Å². The number of nitrogens with one attached hydrogen (secondary N) is 1. The number of sulfonamides is 1. The number of aryl methyl sites for hydroxylation is 1. The zero-order valence-corrected chi connectivity index (χ0v) is 14.4. The fourth-order valence-corrected chi connectivity index (χ4v) is 3.48. The van der Waals surface area contributed by atoms with Crippen molar-refractivity contribution in [2.45, 2.75) is 11.8 Å². The summed E-state index contributed by atoms with van der Waals surface area (Å²) in [5.74, 6) is -0.886. The second kappa shape index (κ2) is 6.08. The summed E-state index contributed by atoms with van der Waals surface area (Å²) < 4.78 is 41.0. The van der Waals surface area contributed by atoms with Gasteiger partial charge in [-0.1, -0.05) is 23.2 Å². The molecule has 0 aliphatic rings. The number of nitrogens with zero attached hydrogens (tertiary/aromatic N) is 1. The fraction of sp³-hybridized carbons (Fsp3) is 0.0833. The van der Waals surface area contributed by atoms with Crippen molar-refractivity contribution in [3.8, 4) is 0 Å². The minimum atomic E-state index is -4.07. The molecule has 9 heteroatoms. The summed E-state index contributed by atoms with van der Waals surface area (Å²) in [6, 6.07) is 5.36. The first-order valence-electron chi connectivity index (χ1n) is 5.52. The van der Waals surface area contributed by atoms with E-state index in [4.69, 9.17) is 23.2 Å². The SMILES string of the molecule is Cc1nc(NS(=O)(=O)c2ccc(Cl)c(F)c2Cl)ccc1Br. The third-order valence-electron chi connectivity index (χ3n) is 2.55. The number of anilines is 1. The van der Waals surface area contributed by atoms with Crippen molar-refractivity contribution >= 4 is 55.0 Å². The second-order valence-electron chi connectivity index (χ2n) is 4.04. The predicted octanol–water partition coefficient (Wildman–Crippen LogP) is 4.40. The number of hydrogen-bond donors (Lipinski definition) is 1. The lowest BCUT2D eigenvalue weighted by atomic mass is 10.3. The number of halogens is 4. The van der Waals surface area contributed by atoms with E-state index in [-0.39, 0.29) is 10.8 Å². The summed E-state index contributed by atoms with van der Waals surface area (Å²) in [6.07, 6.45) is 0. The van der Waals surface area contributed by atoms with Crippen LogP contribution in [0.1, 0.15) is 5.69 Å². The van der Waals surface area contributed by atoms with E-state index in [1.54, 1.807) is 13.0 Å². The van der Waals surface area contributed by atoms with Crippen molar-refractivity contribution in [3.05, 3.63) is 50.3 Å². The molecule has 0 aliphatic heterocycles. The molecule has 1 aromatic carbocycles. The normalized spacial score (nSPS) is 11.5. The number of hydrogen-bond acceptors (Lipinski definition) is 3. The summed E-state index contributed by atoms with van der Waals surface area (Å²) in [6.45, 7) is 1.71. The number of pyridine rings is 1. The predicted molar refractivity (Wildman–Crippen MR) is 83.9 cm³/mol. The van der Waals surface area contributed by atoms with E-state index in [2.05, 4.69) is 25.6 Å². The Hall–Kier alpha value is -0.890. The Balaban J connectivity index is 2.43. The molecule has 112 valence electrons. The van der Waals surface area contributed by atoms with Gasteiger partial charge in [0.05, 0.1) is 15.7 Å². The Labute approximate surface area is 139 Å². The Morgan fingerprint density at radius 1 is 1.24 bits per heavy atom. The second-order valence-corrected chi connectivity index (χ2v) is 7.33. The first-order chi connectivity index (χ1) is 9.72. The van der Waals surface area contributed by atoms with Crippen LogP contribution in [0.25, 0.3) is 0 Å². The molecule has 0 atom stereocenters. The van der Waals surface area contributed by atoms with Crippen LogP contribution in [0.5, 0.6) is 0 Å². The number of rotatable bonds is 3. The Morgan fingerprint density at radius 3 is 2.52 bits per heavy atom. The topological polar surface area (TPSA) is 59.1 Å². The van der Waals surface area contributed by atoms with E-state index < -0.39 is 25.8 Å². The maximum absolute atomic E-state index is 13.6. The van der Waals surface area contributed by atoms with Gasteiger partial charge in [-0.2, -0.15) is 0 Å². The molecular formula is C12H8BrCl2FN2O2S. The maximum Gasteiger partial charge on any atom is 0.264 e. The molecule has 2 aromatic rings. The van der Waals surface area contributed by atoms with Crippen molar-refractivity contribution in [3.63, 3.8) is 0 Å². The van der Waals surface area contributed by atoms with Gasteiger partial charge >= 0.3 is 0 Å². The Bertz CT molecular complexity index is 815. The molecule has 1 aromatic heterocycles. The third-order valence-corrected chi connectivity index (χ3v) is 5.56. The molecule has 0 amide bonds. The van der Waals surface area contributed by atoms with Crippen molar-refractivity contribution in [2.75, 3.05) is 4.72 Å². The van der Waals surface area contributed by atoms with Crippen LogP contribution in [-0.2, 0) is 10.0 Å². The van der Waals surface area contributed by atoms with E-state index in [0.29, 0.717) is 5.69 Å². The molecule has 0 fully saturated rings. The summed E-state index contributed by atoms with van der Waals surface area (Å²) >= 11 is 14.5. The molecule has 1 heterocycles. The quantitative estimate of drug-likeness (QED) is 0.758. The lowest BCUT2D eigenvalue weighted by molar-refractivity contribution is 0.595. The van der Waals surface area contributed by atoms with Crippen LogP contribution in [0.3, 0.4) is 0 Å². The molecule has 2 rings (SSSR count). The van der Waals surface area contributed by atoms with Crippen LogP contribution in [0.2, 0.25) is 10.0 Å². The monoisotopic (exact) mass is 412 g/mol. The summed E-state index contributed by atoms with van der Waals surface area (Å²) in [7, 11) is -4.07. The van der Waals surface area contributed by atoms with Gasteiger partial charge in [0.15, 0.2) is 5.82 Å². The van der Waals surface area contributed by atoms with Crippen molar-refractivity contribution in [1.82, 2.24) is 4.98 Å². The minimum absolute atomic E-state index is 0.0992. The van der Waals surface area contributed by atoms with Gasteiger partial charge in [0.25, 0.3) is 10.0 Å². The lowest BCUT2D eigenvalue weighted by Crippen LogP contribution is -2.15. The minimum Gasteiger partial charge on any atom is -0.263 e. The average molecular weight is 414 g/mol. The molecule has 4 nitrogen and oxygen atoms in total. The van der Waals surface area contributed by atoms with Gasteiger partial charge in [-0.15, -0.1) is 0 Å². The smallest absolute Gasteiger partial charge is 0.263 e. The first kappa shape index (κ1) is 16.5. The molecule has 0 unspecified atom stereocenters. The van der Waals surface area contributed by atoms with E-state index >= 15 is 0 Å². The van der Waals surface area contributed by atoms with Gasteiger partial charge in [-0.25, -0.2) is 17.8 Å². The van der Waals surface area contributed by atoms with Crippen LogP contribution in [0, 0.1) is 12.7 Å². The standard InChI is InChI=1S/C12H8BrCl2FN2O2S/c1-6-7(13)2-5-10(17-6)18-21(19,20)9-4-3-8(14)12(16)11(9)15/h2-5H,1H3,(H,17,18). The Morgan fingerprint density at radius 2 is 1.90 bits per heavy atom. The van der Waals surface area contributed by atoms with Crippen LogP contribution in [-0.4, -0.2) is 13.4 Å². The van der Waals surface area contributed by atoms with Crippen LogP contribution in [0.15, 0.2) is 33.6 Å². The molecule has 1 N–H and O–H groups in total. The zero-order chi connectivity index (χ0) is 15.8. The van der Waals surface area contributed by atoms with Gasteiger partial charge in [0, 0.05) is 4.47 Å². The first-order valence-corrected chi connectivity index (χ1v) is 8.55. The van der Waals surface area contributed by atoms with E-state index in [1.807, 2.05) is 0 Å². The van der Waals surface area contributed by atoms with Gasteiger partial charge in [-0.3, -0.25) is 4.72 Å². The van der Waals surface area contributed by atoms with Crippen molar-refractivity contribution in [2.24, 2.45) is 0 Å². The van der Waals surface area contributed by atoms with Gasteiger partial charge < -0.3 is 0 Å². The highest BCUT2D eigenvalue weighted by Crippen LogP contribution is 2.30. The highest BCUT2D eigenvalue weighted by Gasteiger charge is 2.22. The molecule has 0 radical (unpaired) electrons. The molecule has 21 heavy (non-hydrogen) atoms. The average Bonchev–Trinajstić information content (AvgIpc) is 2.39. The molecule has 0 bridgehead atoms. The summed E-state index contributed by atoms with van der Waals surface area (Å²) in [5.41, 5.74) is 0.601. The van der Waals surface area contributed by atoms with Crippen LogP contribution < -0.4 is 4.72 Å². The van der Waals surface area contributed by atoms with E-state index in [0.717, 1.165) is 16.6 Å². The molecule has 0 spiro atoms. The summed E-state index contributed by atoms with van der Waals surface area (Å²) in [4.78, 5) is 3.64. The third kappa shape index (κ3) is 3.48.